The lowest BCUT2D eigenvalue weighted by Crippen LogP contribution is -2.51. The van der Waals surface area contributed by atoms with Gasteiger partial charge in [0, 0.05) is 26.2 Å². The molecule has 2 rings (SSSR count). The Balaban J connectivity index is 1.91. The summed E-state index contributed by atoms with van der Waals surface area (Å²) < 4.78 is 25.8. The summed E-state index contributed by atoms with van der Waals surface area (Å²) in [7, 11) is -3.15. The highest BCUT2D eigenvalue weighted by molar-refractivity contribution is 7.89. The third-order valence-corrected chi connectivity index (χ3v) is 5.03. The van der Waals surface area contributed by atoms with Crippen LogP contribution in [0.1, 0.15) is 5.56 Å². The summed E-state index contributed by atoms with van der Waals surface area (Å²) >= 11 is 0. The fraction of sp³-hybridized carbons (Fsp3) is 0.500. The minimum atomic E-state index is -3.15. The van der Waals surface area contributed by atoms with E-state index in [0.717, 1.165) is 5.56 Å². The summed E-state index contributed by atoms with van der Waals surface area (Å²) in [6, 6.07) is 9.68. The number of hydrogen-bond acceptors (Lipinski definition) is 4. The molecule has 1 heterocycles. The molecule has 1 aromatic rings. The minimum Gasteiger partial charge on any atom is -0.269 e. The molecular formula is C12H19N3O2S. The molecule has 1 fully saturated rings. The second kappa shape index (κ2) is 5.79. The van der Waals surface area contributed by atoms with Gasteiger partial charge >= 0.3 is 0 Å². The Hall–Kier alpha value is -0.950. The van der Waals surface area contributed by atoms with Gasteiger partial charge in [-0.15, -0.1) is 0 Å². The van der Waals surface area contributed by atoms with Gasteiger partial charge in [-0.1, -0.05) is 30.3 Å². The molecule has 0 aliphatic carbocycles. The highest BCUT2D eigenvalue weighted by Crippen LogP contribution is 2.09. The summed E-state index contributed by atoms with van der Waals surface area (Å²) in [4.78, 5) is 0. The van der Waals surface area contributed by atoms with E-state index in [1.54, 1.807) is 9.31 Å². The van der Waals surface area contributed by atoms with Crippen LogP contribution in [0.15, 0.2) is 30.3 Å². The Labute approximate surface area is 108 Å². The summed E-state index contributed by atoms with van der Waals surface area (Å²) in [5, 5.41) is 1.66. The quantitative estimate of drug-likeness (QED) is 0.784. The number of benzene rings is 1. The molecule has 100 valence electrons. The van der Waals surface area contributed by atoms with E-state index in [9.17, 15) is 8.42 Å². The van der Waals surface area contributed by atoms with Crippen molar-refractivity contribution in [3.05, 3.63) is 35.9 Å². The van der Waals surface area contributed by atoms with Gasteiger partial charge < -0.3 is 0 Å². The lowest BCUT2D eigenvalue weighted by atomic mass is 10.2. The number of hydrogen-bond donors (Lipinski definition) is 1. The summed E-state index contributed by atoms with van der Waals surface area (Å²) in [6.07, 6.45) is 0.562. The molecule has 0 radical (unpaired) electrons. The van der Waals surface area contributed by atoms with E-state index in [4.69, 9.17) is 5.84 Å². The minimum absolute atomic E-state index is 0.168. The molecule has 1 aliphatic rings. The summed E-state index contributed by atoms with van der Waals surface area (Å²) in [5.74, 6) is 5.79. The maximum Gasteiger partial charge on any atom is 0.214 e. The van der Waals surface area contributed by atoms with E-state index < -0.39 is 10.0 Å². The first kappa shape index (κ1) is 13.5. The normalized spacial score (nSPS) is 18.9. The zero-order valence-electron chi connectivity index (χ0n) is 10.3. The number of aryl methyl sites for hydroxylation is 1. The van der Waals surface area contributed by atoms with E-state index >= 15 is 0 Å². The Kier molecular flexibility index (Phi) is 4.34. The van der Waals surface area contributed by atoms with Crippen molar-refractivity contribution < 1.29 is 8.42 Å². The zero-order chi connectivity index (χ0) is 13.0. The predicted molar refractivity (Wildman–Crippen MR) is 71.3 cm³/mol. The molecular weight excluding hydrogens is 250 g/mol. The Bertz CT molecular complexity index is 467. The largest absolute Gasteiger partial charge is 0.269 e. The fourth-order valence-electron chi connectivity index (χ4n) is 2.00. The van der Waals surface area contributed by atoms with Crippen LogP contribution in [0.2, 0.25) is 0 Å². The molecule has 1 aromatic carbocycles. The molecule has 0 spiro atoms. The van der Waals surface area contributed by atoms with E-state index in [1.165, 1.54) is 0 Å². The van der Waals surface area contributed by atoms with Crippen LogP contribution in [0, 0.1) is 0 Å². The molecule has 1 aliphatic heterocycles. The van der Waals surface area contributed by atoms with Gasteiger partial charge in [-0.25, -0.2) is 13.4 Å². The second-order valence-corrected chi connectivity index (χ2v) is 6.58. The van der Waals surface area contributed by atoms with Crippen LogP contribution in [0.3, 0.4) is 0 Å². The Morgan fingerprint density at radius 3 is 2.28 bits per heavy atom. The highest BCUT2D eigenvalue weighted by Gasteiger charge is 2.25. The molecule has 0 bridgehead atoms. The first-order valence-corrected chi connectivity index (χ1v) is 7.70. The van der Waals surface area contributed by atoms with Gasteiger partial charge in [0.15, 0.2) is 0 Å². The van der Waals surface area contributed by atoms with E-state index in [1.807, 2.05) is 30.3 Å². The molecule has 0 saturated carbocycles. The van der Waals surface area contributed by atoms with Crippen LogP contribution in [0.4, 0.5) is 0 Å². The molecule has 6 heteroatoms. The van der Waals surface area contributed by atoms with E-state index in [0.29, 0.717) is 32.6 Å². The zero-order valence-corrected chi connectivity index (χ0v) is 11.1. The smallest absolute Gasteiger partial charge is 0.214 e. The van der Waals surface area contributed by atoms with Crippen molar-refractivity contribution in [1.29, 1.82) is 0 Å². The molecule has 0 atom stereocenters. The van der Waals surface area contributed by atoms with E-state index in [-0.39, 0.29) is 5.75 Å². The average molecular weight is 269 g/mol. The predicted octanol–water partition coefficient (Wildman–Crippen LogP) is 0.0502. The Morgan fingerprint density at radius 1 is 1.06 bits per heavy atom. The van der Waals surface area contributed by atoms with Crippen molar-refractivity contribution in [2.24, 2.45) is 5.84 Å². The summed E-state index contributed by atoms with van der Waals surface area (Å²) in [6.45, 7) is 2.19. The van der Waals surface area contributed by atoms with Crippen molar-refractivity contribution in [2.75, 3.05) is 31.9 Å². The monoisotopic (exact) mass is 269 g/mol. The van der Waals surface area contributed by atoms with Crippen molar-refractivity contribution in [3.63, 3.8) is 0 Å². The van der Waals surface area contributed by atoms with Crippen LogP contribution in [0.5, 0.6) is 0 Å². The van der Waals surface area contributed by atoms with Crippen LogP contribution < -0.4 is 5.84 Å². The standard InChI is InChI=1S/C12H19N3O2S/c13-14-7-9-15(10-8-14)18(16,17)11-6-12-4-2-1-3-5-12/h1-5H,6-11,13H2. The summed E-state index contributed by atoms with van der Waals surface area (Å²) in [5.41, 5.74) is 1.05. The molecule has 0 amide bonds. The molecule has 18 heavy (non-hydrogen) atoms. The van der Waals surface area contributed by atoms with Gasteiger partial charge in [0.2, 0.25) is 10.0 Å². The number of nitrogens with two attached hydrogens (primary N) is 1. The van der Waals surface area contributed by atoms with Gasteiger partial charge in [-0.05, 0) is 12.0 Å². The average Bonchev–Trinajstić information content (AvgIpc) is 2.38. The fourth-order valence-corrected chi connectivity index (χ4v) is 3.47. The lowest BCUT2D eigenvalue weighted by molar-refractivity contribution is 0.192. The topological polar surface area (TPSA) is 66.6 Å². The molecule has 0 aromatic heterocycles. The first-order chi connectivity index (χ1) is 8.58. The van der Waals surface area contributed by atoms with Crippen molar-refractivity contribution in [2.45, 2.75) is 6.42 Å². The van der Waals surface area contributed by atoms with Gasteiger partial charge in [-0.2, -0.15) is 4.31 Å². The molecule has 2 N–H and O–H groups in total. The van der Waals surface area contributed by atoms with Gasteiger partial charge in [-0.3, -0.25) is 5.84 Å². The lowest BCUT2D eigenvalue weighted by Gasteiger charge is -2.31. The van der Waals surface area contributed by atoms with Crippen molar-refractivity contribution >= 4 is 10.0 Å². The third kappa shape index (κ3) is 3.52. The van der Waals surface area contributed by atoms with E-state index in [2.05, 4.69) is 0 Å². The van der Waals surface area contributed by atoms with Gasteiger partial charge in [0.25, 0.3) is 0 Å². The maximum absolute atomic E-state index is 12.1. The number of sulfonamides is 1. The molecule has 0 unspecified atom stereocenters. The number of nitrogens with zero attached hydrogens (tertiary/aromatic N) is 2. The third-order valence-electron chi connectivity index (χ3n) is 3.16. The van der Waals surface area contributed by atoms with Crippen LogP contribution in [0.25, 0.3) is 0 Å². The maximum atomic E-state index is 12.1. The van der Waals surface area contributed by atoms with Crippen LogP contribution >= 0.6 is 0 Å². The second-order valence-electron chi connectivity index (χ2n) is 4.49. The van der Waals surface area contributed by atoms with Gasteiger partial charge in [0.05, 0.1) is 5.75 Å². The van der Waals surface area contributed by atoms with Crippen molar-refractivity contribution in [3.8, 4) is 0 Å². The molecule has 1 saturated heterocycles. The van der Waals surface area contributed by atoms with Crippen LogP contribution in [-0.4, -0.2) is 49.7 Å². The first-order valence-electron chi connectivity index (χ1n) is 6.09. The number of rotatable bonds is 4. The number of hydrazine groups is 1. The van der Waals surface area contributed by atoms with Gasteiger partial charge in [0.1, 0.15) is 0 Å². The van der Waals surface area contributed by atoms with Crippen LogP contribution in [-0.2, 0) is 16.4 Å². The SMILES string of the molecule is NN1CCN(S(=O)(=O)CCc2ccccc2)CC1. The number of piperazine rings is 1. The van der Waals surface area contributed by atoms with Crippen molar-refractivity contribution in [1.82, 2.24) is 9.31 Å². The molecule has 5 nitrogen and oxygen atoms in total. The Morgan fingerprint density at radius 2 is 1.67 bits per heavy atom. The highest BCUT2D eigenvalue weighted by atomic mass is 32.2.